The number of nitrogens with one attached hydrogen (secondary N) is 3. The number of benzene rings is 1. The van der Waals surface area contributed by atoms with E-state index >= 15 is 0 Å². The third-order valence-corrected chi connectivity index (χ3v) is 4.37. The van der Waals surface area contributed by atoms with E-state index in [1.54, 1.807) is 0 Å². The summed E-state index contributed by atoms with van der Waals surface area (Å²) in [5, 5.41) is 9.45. The van der Waals surface area contributed by atoms with Gasteiger partial charge in [-0.1, -0.05) is 25.5 Å². The molecular weight excluding hydrogens is 467 g/mol. The summed E-state index contributed by atoms with van der Waals surface area (Å²) in [5.74, 6) is 2.16. The first kappa shape index (κ1) is 24.5. The Morgan fingerprint density at radius 2 is 1.82 bits per heavy atom. The summed E-state index contributed by atoms with van der Waals surface area (Å²) < 4.78 is 5.69. The third kappa shape index (κ3) is 10.1. The minimum Gasteiger partial charge on any atom is -0.494 e. The van der Waals surface area contributed by atoms with E-state index in [-0.39, 0.29) is 35.8 Å². The Kier molecular flexibility index (Phi) is 12.7. The second-order valence-corrected chi connectivity index (χ2v) is 6.85. The first-order valence-electron chi connectivity index (χ1n) is 10.2. The van der Waals surface area contributed by atoms with Gasteiger partial charge in [-0.2, -0.15) is 0 Å². The van der Waals surface area contributed by atoms with Gasteiger partial charge in [0.15, 0.2) is 5.96 Å². The van der Waals surface area contributed by atoms with Crippen LogP contribution in [0.2, 0.25) is 0 Å². The van der Waals surface area contributed by atoms with Gasteiger partial charge in [-0.15, -0.1) is 24.0 Å². The Balaban J connectivity index is 0.00000392. The molecule has 7 heteroatoms. The molecule has 1 aliphatic rings. The van der Waals surface area contributed by atoms with Crippen molar-refractivity contribution < 1.29 is 9.53 Å². The summed E-state index contributed by atoms with van der Waals surface area (Å²) in [7, 11) is 0. The summed E-state index contributed by atoms with van der Waals surface area (Å²) in [4.78, 5) is 16.2. The molecule has 3 N–H and O–H groups in total. The number of halogens is 1. The van der Waals surface area contributed by atoms with E-state index in [1.807, 2.05) is 19.1 Å². The van der Waals surface area contributed by atoms with Crippen LogP contribution in [0, 0.1) is 5.92 Å². The van der Waals surface area contributed by atoms with Crippen LogP contribution in [0.1, 0.15) is 45.1 Å². The van der Waals surface area contributed by atoms with Gasteiger partial charge in [0.25, 0.3) is 0 Å². The predicted octanol–water partition coefficient (Wildman–Crippen LogP) is 3.11. The van der Waals surface area contributed by atoms with Crippen molar-refractivity contribution in [3.63, 3.8) is 0 Å². The lowest BCUT2D eigenvalue weighted by Crippen LogP contribution is -2.41. The molecule has 1 fully saturated rings. The first-order chi connectivity index (χ1) is 13.2. The molecule has 0 aromatic heterocycles. The quantitative estimate of drug-likeness (QED) is 0.178. The van der Waals surface area contributed by atoms with Crippen LogP contribution in [-0.4, -0.2) is 44.7 Å². The highest BCUT2D eigenvalue weighted by Gasteiger charge is 2.28. The number of aliphatic imine (C=N–C) groups is 1. The summed E-state index contributed by atoms with van der Waals surface area (Å²) in [6.45, 7) is 7.80. The maximum Gasteiger partial charge on any atom is 0.223 e. The average Bonchev–Trinajstić information content (AvgIpc) is 3.52. The fourth-order valence-electron chi connectivity index (χ4n) is 2.58. The van der Waals surface area contributed by atoms with Gasteiger partial charge in [-0.05, 0) is 50.3 Å². The van der Waals surface area contributed by atoms with Gasteiger partial charge in [-0.25, -0.2) is 0 Å². The third-order valence-electron chi connectivity index (χ3n) is 4.37. The Hall–Kier alpha value is -1.51. The van der Waals surface area contributed by atoms with Crippen molar-refractivity contribution >= 4 is 35.8 Å². The topological polar surface area (TPSA) is 74.8 Å². The van der Waals surface area contributed by atoms with E-state index in [0.717, 1.165) is 57.0 Å². The maximum atomic E-state index is 11.6. The van der Waals surface area contributed by atoms with Crippen LogP contribution >= 0.6 is 24.0 Å². The lowest BCUT2D eigenvalue weighted by atomic mass is 10.1. The predicted molar refractivity (Wildman–Crippen MR) is 126 cm³/mol. The number of guanidine groups is 1. The lowest BCUT2D eigenvalue weighted by molar-refractivity contribution is -0.122. The van der Waals surface area contributed by atoms with Gasteiger partial charge in [0.2, 0.25) is 5.91 Å². The summed E-state index contributed by atoms with van der Waals surface area (Å²) >= 11 is 0. The highest BCUT2D eigenvalue weighted by molar-refractivity contribution is 14.0. The van der Waals surface area contributed by atoms with Crippen LogP contribution in [0.15, 0.2) is 29.3 Å². The Morgan fingerprint density at radius 3 is 2.46 bits per heavy atom. The normalized spacial score (nSPS) is 13.4. The lowest BCUT2D eigenvalue weighted by Gasteiger charge is -2.12. The molecular formula is C21H35IN4O2. The molecule has 158 valence electrons. The smallest absolute Gasteiger partial charge is 0.223 e. The van der Waals surface area contributed by atoms with Crippen molar-refractivity contribution in [1.82, 2.24) is 16.0 Å². The fourth-order valence-corrected chi connectivity index (χ4v) is 2.58. The molecule has 0 radical (unpaired) electrons. The Labute approximate surface area is 186 Å². The standard InChI is InChI=1S/C21H34N4O2.HI/c1-3-5-16-27-19-10-6-17(7-11-19)12-13-24-21(22-4-2)25-15-14-23-20(26)18-8-9-18;/h6-7,10-11,18H,3-5,8-9,12-16H2,1-2H3,(H,23,26)(H2,22,24,25);1H. The fraction of sp³-hybridized carbons (Fsp3) is 0.619. The minimum atomic E-state index is 0. The van der Waals surface area contributed by atoms with Crippen LogP contribution in [0.25, 0.3) is 0 Å². The number of carbonyl (C=O) groups excluding carboxylic acids is 1. The molecule has 1 amide bonds. The highest BCUT2D eigenvalue weighted by Crippen LogP contribution is 2.28. The number of rotatable bonds is 12. The molecule has 0 aliphatic heterocycles. The SMILES string of the molecule is CCCCOc1ccc(CCN=C(NCC)NCCNC(=O)C2CC2)cc1.I. The van der Waals surface area contributed by atoms with Crippen LogP contribution in [0.5, 0.6) is 5.75 Å². The summed E-state index contributed by atoms with van der Waals surface area (Å²) in [5.41, 5.74) is 1.24. The zero-order chi connectivity index (χ0) is 19.3. The van der Waals surface area contributed by atoms with Crippen molar-refractivity contribution in [3.8, 4) is 5.75 Å². The molecule has 1 aromatic rings. The largest absolute Gasteiger partial charge is 0.494 e. The zero-order valence-corrected chi connectivity index (χ0v) is 19.5. The number of hydrogen-bond donors (Lipinski definition) is 3. The van der Waals surface area contributed by atoms with Gasteiger partial charge >= 0.3 is 0 Å². The van der Waals surface area contributed by atoms with E-state index in [2.05, 4.69) is 40.0 Å². The van der Waals surface area contributed by atoms with Gasteiger partial charge in [0.1, 0.15) is 5.75 Å². The van der Waals surface area contributed by atoms with Gasteiger partial charge in [0, 0.05) is 32.1 Å². The van der Waals surface area contributed by atoms with E-state index in [0.29, 0.717) is 19.6 Å². The maximum absolute atomic E-state index is 11.6. The van der Waals surface area contributed by atoms with Crippen LogP contribution in [-0.2, 0) is 11.2 Å². The average molecular weight is 502 g/mol. The molecule has 2 rings (SSSR count). The molecule has 0 bridgehead atoms. The number of hydrogen-bond acceptors (Lipinski definition) is 3. The van der Waals surface area contributed by atoms with E-state index in [1.165, 1.54) is 5.56 Å². The summed E-state index contributed by atoms with van der Waals surface area (Å²) in [6.07, 6.45) is 5.18. The molecule has 28 heavy (non-hydrogen) atoms. The molecule has 1 aromatic carbocycles. The number of amides is 1. The molecule has 0 atom stereocenters. The van der Waals surface area contributed by atoms with Crippen molar-refractivity contribution in [2.75, 3.05) is 32.8 Å². The van der Waals surface area contributed by atoms with Gasteiger partial charge in [0.05, 0.1) is 6.61 Å². The molecule has 0 saturated heterocycles. The zero-order valence-electron chi connectivity index (χ0n) is 17.1. The number of unbranched alkanes of at least 4 members (excludes halogenated alkanes) is 1. The van der Waals surface area contributed by atoms with E-state index in [9.17, 15) is 4.79 Å². The number of ether oxygens (including phenoxy) is 1. The molecule has 0 unspecified atom stereocenters. The van der Waals surface area contributed by atoms with Gasteiger partial charge < -0.3 is 20.7 Å². The molecule has 1 saturated carbocycles. The molecule has 6 nitrogen and oxygen atoms in total. The van der Waals surface area contributed by atoms with Crippen LogP contribution < -0.4 is 20.7 Å². The van der Waals surface area contributed by atoms with Gasteiger partial charge in [-0.3, -0.25) is 9.79 Å². The molecule has 0 spiro atoms. The monoisotopic (exact) mass is 502 g/mol. The highest BCUT2D eigenvalue weighted by atomic mass is 127. The second kappa shape index (κ2) is 14.5. The second-order valence-electron chi connectivity index (χ2n) is 6.85. The minimum absolute atomic E-state index is 0. The Morgan fingerprint density at radius 1 is 1.11 bits per heavy atom. The van der Waals surface area contributed by atoms with Crippen molar-refractivity contribution in [3.05, 3.63) is 29.8 Å². The number of carbonyl (C=O) groups is 1. The molecule has 0 heterocycles. The Bertz CT molecular complexity index is 589. The van der Waals surface area contributed by atoms with Crippen molar-refractivity contribution in [2.45, 2.75) is 46.0 Å². The summed E-state index contributed by atoms with van der Waals surface area (Å²) in [6, 6.07) is 8.26. The molecule has 1 aliphatic carbocycles. The van der Waals surface area contributed by atoms with Crippen molar-refractivity contribution in [1.29, 1.82) is 0 Å². The van der Waals surface area contributed by atoms with E-state index in [4.69, 9.17) is 4.74 Å². The number of nitrogens with zero attached hydrogens (tertiary/aromatic N) is 1. The first-order valence-corrected chi connectivity index (χ1v) is 10.2. The van der Waals surface area contributed by atoms with Crippen LogP contribution in [0.3, 0.4) is 0 Å². The van der Waals surface area contributed by atoms with Crippen LogP contribution in [0.4, 0.5) is 0 Å². The van der Waals surface area contributed by atoms with E-state index < -0.39 is 0 Å². The van der Waals surface area contributed by atoms with Crippen molar-refractivity contribution in [2.24, 2.45) is 10.9 Å².